The molecule has 0 N–H and O–H groups in total. The van der Waals surface area contributed by atoms with Crippen LogP contribution in [-0.2, 0) is 17.3 Å². The number of halogens is 3. The predicted octanol–water partition coefficient (Wildman–Crippen LogP) is 4.97. The Hall–Kier alpha value is -1.72. The zero-order valence-electron chi connectivity index (χ0n) is 13.2. The SMILES string of the molecule is CC(F)(F)c1cc(OC2CC(OCc3ccccc3)C2)cc(Cl)n1. The van der Waals surface area contributed by atoms with Crippen molar-refractivity contribution in [2.75, 3.05) is 0 Å². The number of nitrogens with zero attached hydrogens (tertiary/aromatic N) is 1. The molecule has 0 atom stereocenters. The van der Waals surface area contributed by atoms with E-state index in [1.165, 1.54) is 12.1 Å². The third kappa shape index (κ3) is 4.42. The summed E-state index contributed by atoms with van der Waals surface area (Å²) in [4.78, 5) is 3.64. The molecule has 0 radical (unpaired) electrons. The van der Waals surface area contributed by atoms with Crippen LogP contribution in [0.4, 0.5) is 8.78 Å². The van der Waals surface area contributed by atoms with Gasteiger partial charge in [-0.2, -0.15) is 8.78 Å². The van der Waals surface area contributed by atoms with E-state index in [1.807, 2.05) is 30.3 Å². The van der Waals surface area contributed by atoms with Crippen molar-refractivity contribution in [2.45, 2.75) is 44.5 Å². The van der Waals surface area contributed by atoms with Crippen LogP contribution in [0.2, 0.25) is 5.15 Å². The molecule has 1 aromatic carbocycles. The smallest absolute Gasteiger partial charge is 0.287 e. The quantitative estimate of drug-likeness (QED) is 0.687. The Morgan fingerprint density at radius 1 is 1.17 bits per heavy atom. The van der Waals surface area contributed by atoms with Crippen LogP contribution in [0.25, 0.3) is 0 Å². The van der Waals surface area contributed by atoms with E-state index in [4.69, 9.17) is 21.1 Å². The molecule has 0 aliphatic heterocycles. The van der Waals surface area contributed by atoms with Gasteiger partial charge in [0, 0.05) is 31.9 Å². The molecule has 1 aromatic heterocycles. The summed E-state index contributed by atoms with van der Waals surface area (Å²) in [5, 5.41) is 0.000209. The number of hydrogen-bond donors (Lipinski definition) is 0. The lowest BCUT2D eigenvalue weighted by molar-refractivity contribution is -0.0686. The van der Waals surface area contributed by atoms with E-state index in [9.17, 15) is 8.78 Å². The van der Waals surface area contributed by atoms with Crippen LogP contribution in [0, 0.1) is 0 Å². The Balaban J connectivity index is 1.50. The normalized spacial score (nSPS) is 20.5. The fraction of sp³-hybridized carbons (Fsp3) is 0.389. The Morgan fingerprint density at radius 2 is 1.88 bits per heavy atom. The number of aromatic nitrogens is 1. The highest BCUT2D eigenvalue weighted by Gasteiger charge is 2.33. The van der Waals surface area contributed by atoms with Gasteiger partial charge in [0.05, 0.1) is 12.7 Å². The molecule has 6 heteroatoms. The molecule has 0 saturated heterocycles. The van der Waals surface area contributed by atoms with E-state index < -0.39 is 5.92 Å². The lowest BCUT2D eigenvalue weighted by atomic mass is 9.92. The van der Waals surface area contributed by atoms with Gasteiger partial charge in [-0.15, -0.1) is 0 Å². The number of benzene rings is 1. The van der Waals surface area contributed by atoms with Crippen molar-refractivity contribution in [2.24, 2.45) is 0 Å². The average molecular weight is 354 g/mol. The number of hydrogen-bond acceptors (Lipinski definition) is 3. The largest absolute Gasteiger partial charge is 0.490 e. The van der Waals surface area contributed by atoms with Crippen molar-refractivity contribution in [1.82, 2.24) is 4.98 Å². The van der Waals surface area contributed by atoms with Crippen LogP contribution in [0.1, 0.15) is 31.0 Å². The molecule has 128 valence electrons. The molecule has 24 heavy (non-hydrogen) atoms. The zero-order chi connectivity index (χ0) is 17.2. The molecular weight excluding hydrogens is 336 g/mol. The molecule has 1 aliphatic rings. The first-order valence-electron chi connectivity index (χ1n) is 7.78. The summed E-state index contributed by atoms with van der Waals surface area (Å²) in [6.45, 7) is 1.34. The van der Waals surface area contributed by atoms with Crippen molar-refractivity contribution in [3.05, 3.63) is 58.9 Å². The van der Waals surface area contributed by atoms with Crippen LogP contribution in [0.3, 0.4) is 0 Å². The molecular formula is C18H18ClF2NO2. The third-order valence-electron chi connectivity index (χ3n) is 3.90. The van der Waals surface area contributed by atoms with Crippen molar-refractivity contribution in [3.63, 3.8) is 0 Å². The summed E-state index contributed by atoms with van der Waals surface area (Å²) in [5.74, 6) is -2.73. The maximum absolute atomic E-state index is 13.4. The van der Waals surface area contributed by atoms with Gasteiger partial charge in [-0.25, -0.2) is 4.98 Å². The maximum Gasteiger partial charge on any atom is 0.287 e. The molecule has 3 nitrogen and oxygen atoms in total. The highest BCUT2D eigenvalue weighted by atomic mass is 35.5. The van der Waals surface area contributed by atoms with Gasteiger partial charge >= 0.3 is 0 Å². The van der Waals surface area contributed by atoms with Gasteiger partial charge in [0.1, 0.15) is 22.7 Å². The van der Waals surface area contributed by atoms with Crippen molar-refractivity contribution >= 4 is 11.6 Å². The zero-order valence-corrected chi connectivity index (χ0v) is 14.0. The fourth-order valence-corrected chi connectivity index (χ4v) is 2.70. The van der Waals surface area contributed by atoms with Gasteiger partial charge < -0.3 is 9.47 Å². The fourth-order valence-electron chi connectivity index (χ4n) is 2.50. The van der Waals surface area contributed by atoms with Gasteiger partial charge in [0.25, 0.3) is 5.92 Å². The molecule has 0 amide bonds. The second kappa shape index (κ2) is 7.03. The Bertz CT molecular complexity index is 685. The van der Waals surface area contributed by atoms with Crippen LogP contribution in [0.5, 0.6) is 5.75 Å². The number of pyridine rings is 1. The number of alkyl halides is 2. The third-order valence-corrected chi connectivity index (χ3v) is 4.09. The number of rotatable bonds is 6. The second-order valence-corrected chi connectivity index (χ2v) is 6.42. The first-order chi connectivity index (χ1) is 11.4. The van der Waals surface area contributed by atoms with Crippen molar-refractivity contribution in [3.8, 4) is 5.75 Å². The lowest BCUT2D eigenvalue weighted by Crippen LogP contribution is -2.39. The van der Waals surface area contributed by atoms with Crippen LogP contribution in [-0.4, -0.2) is 17.2 Å². The molecule has 3 rings (SSSR count). The first-order valence-corrected chi connectivity index (χ1v) is 8.16. The highest BCUT2D eigenvalue weighted by molar-refractivity contribution is 6.29. The molecule has 1 saturated carbocycles. The molecule has 0 bridgehead atoms. The van der Waals surface area contributed by atoms with Gasteiger partial charge in [-0.1, -0.05) is 41.9 Å². The van der Waals surface area contributed by atoms with Gasteiger partial charge in [-0.05, 0) is 5.56 Å². The Labute approximate surface area is 144 Å². The summed E-state index contributed by atoms with van der Waals surface area (Å²) in [7, 11) is 0. The molecule has 0 spiro atoms. The molecule has 1 heterocycles. The van der Waals surface area contributed by atoms with Crippen molar-refractivity contribution in [1.29, 1.82) is 0 Å². The minimum absolute atomic E-state index is 0.000209. The highest BCUT2D eigenvalue weighted by Crippen LogP contribution is 2.33. The summed E-state index contributed by atoms with van der Waals surface area (Å²) in [6, 6.07) is 12.6. The van der Waals surface area contributed by atoms with E-state index >= 15 is 0 Å². The second-order valence-electron chi connectivity index (χ2n) is 6.03. The monoisotopic (exact) mass is 353 g/mol. The van der Waals surface area contributed by atoms with Gasteiger partial charge in [-0.3, -0.25) is 0 Å². The standard InChI is InChI=1S/C18H18ClF2NO2/c1-18(20,21)16-9-15(10-17(19)22-16)24-14-7-13(8-14)23-11-12-5-3-2-4-6-12/h2-6,9-10,13-14H,7-8,11H2,1H3. The van der Waals surface area contributed by atoms with Crippen molar-refractivity contribution < 1.29 is 18.3 Å². The summed E-state index contributed by atoms with van der Waals surface area (Å²) in [6.07, 6.45) is 1.53. The van der Waals surface area contributed by atoms with E-state index in [0.29, 0.717) is 12.4 Å². The molecule has 2 aromatic rings. The van der Waals surface area contributed by atoms with Gasteiger partial charge in [0.15, 0.2) is 0 Å². The molecule has 1 fully saturated rings. The van der Waals surface area contributed by atoms with E-state index in [1.54, 1.807) is 0 Å². The summed E-state index contributed by atoms with van der Waals surface area (Å²) >= 11 is 5.80. The van der Waals surface area contributed by atoms with Crippen LogP contribution in [0.15, 0.2) is 42.5 Å². The minimum Gasteiger partial charge on any atom is -0.490 e. The average Bonchev–Trinajstić information content (AvgIpc) is 2.49. The van der Waals surface area contributed by atoms with Crippen LogP contribution < -0.4 is 4.74 Å². The molecule has 1 aliphatic carbocycles. The van der Waals surface area contributed by atoms with E-state index in [2.05, 4.69) is 4.98 Å². The minimum atomic E-state index is -3.05. The van der Waals surface area contributed by atoms with E-state index in [-0.39, 0.29) is 23.1 Å². The van der Waals surface area contributed by atoms with Crippen LogP contribution >= 0.6 is 11.6 Å². The van der Waals surface area contributed by atoms with E-state index in [0.717, 1.165) is 25.3 Å². The molecule has 0 unspecified atom stereocenters. The van der Waals surface area contributed by atoms with Gasteiger partial charge in [0.2, 0.25) is 0 Å². The lowest BCUT2D eigenvalue weighted by Gasteiger charge is -2.35. The maximum atomic E-state index is 13.4. The summed E-state index contributed by atoms with van der Waals surface area (Å²) in [5.41, 5.74) is 0.735. The Morgan fingerprint density at radius 3 is 2.54 bits per heavy atom. The first kappa shape index (κ1) is 17.1. The number of ether oxygens (including phenoxy) is 2. The Kier molecular flexibility index (Phi) is 5.01. The summed E-state index contributed by atoms with van der Waals surface area (Å²) < 4.78 is 38.3. The topological polar surface area (TPSA) is 31.4 Å². The predicted molar refractivity (Wildman–Crippen MR) is 87.5 cm³/mol.